The number of hydrogen-bond acceptors (Lipinski definition) is 10. The molecule has 0 aliphatic heterocycles. The molecule has 4 aromatic rings. The summed E-state index contributed by atoms with van der Waals surface area (Å²) in [6.07, 6.45) is 1.45. The number of hydrazone groups is 1. The molecule has 3 aromatic carbocycles. The summed E-state index contributed by atoms with van der Waals surface area (Å²) in [5.74, 6) is 0.984. The van der Waals surface area contributed by atoms with Crippen LogP contribution in [0.4, 0.5) is 17.1 Å². The number of anilines is 2. The number of sulfonamides is 2. The molecule has 0 saturated carbocycles. The van der Waals surface area contributed by atoms with Gasteiger partial charge in [0.2, 0.25) is 10.0 Å². The van der Waals surface area contributed by atoms with E-state index in [1.807, 2.05) is 0 Å². The van der Waals surface area contributed by atoms with Gasteiger partial charge in [0.1, 0.15) is 16.4 Å². The van der Waals surface area contributed by atoms with Crippen LogP contribution in [0.15, 0.2) is 104 Å². The van der Waals surface area contributed by atoms with Gasteiger partial charge < -0.3 is 9.15 Å². The van der Waals surface area contributed by atoms with Crippen molar-refractivity contribution < 1.29 is 30.9 Å². The minimum absolute atomic E-state index is 0.00467. The lowest BCUT2D eigenvalue weighted by Gasteiger charge is -2.13. The van der Waals surface area contributed by atoms with Crippen LogP contribution in [0.5, 0.6) is 5.75 Å². The van der Waals surface area contributed by atoms with E-state index in [9.17, 15) is 26.9 Å². The lowest BCUT2D eigenvalue weighted by Crippen LogP contribution is -2.23. The third-order valence-electron chi connectivity index (χ3n) is 5.75. The minimum Gasteiger partial charge on any atom is -0.497 e. The number of nitro groups is 1. The summed E-state index contributed by atoms with van der Waals surface area (Å²) in [5.41, 5.74) is 3.37. The van der Waals surface area contributed by atoms with Gasteiger partial charge in [-0.1, -0.05) is 12.1 Å². The Morgan fingerprint density at radius 2 is 1.68 bits per heavy atom. The first-order valence-corrected chi connectivity index (χ1v) is 14.8. The molecule has 0 aliphatic rings. The van der Waals surface area contributed by atoms with Gasteiger partial charge in [-0.3, -0.25) is 20.3 Å². The molecule has 3 N–H and O–H groups in total. The quantitative estimate of drug-likeness (QED) is 0.121. The number of furan rings is 1. The second-order valence-electron chi connectivity index (χ2n) is 8.51. The number of benzene rings is 3. The number of nitrogens with zero attached hydrogens (tertiary/aromatic N) is 2. The fourth-order valence-corrected chi connectivity index (χ4v) is 5.78. The van der Waals surface area contributed by atoms with Crippen molar-refractivity contribution in [1.82, 2.24) is 4.72 Å². The molecule has 0 spiro atoms. The smallest absolute Gasteiger partial charge is 0.270 e. The number of rotatable bonds is 12. The highest BCUT2D eigenvalue weighted by Gasteiger charge is 2.23. The van der Waals surface area contributed by atoms with Gasteiger partial charge in [-0.25, -0.2) is 21.6 Å². The van der Waals surface area contributed by atoms with Crippen molar-refractivity contribution in [3.05, 3.63) is 107 Å². The van der Waals surface area contributed by atoms with Gasteiger partial charge >= 0.3 is 0 Å². The summed E-state index contributed by atoms with van der Waals surface area (Å²) < 4.78 is 66.6. The van der Waals surface area contributed by atoms with Gasteiger partial charge in [0.05, 0.1) is 41.1 Å². The maximum atomic E-state index is 13.2. The van der Waals surface area contributed by atoms with Gasteiger partial charge in [0, 0.05) is 17.8 Å². The first kappa shape index (κ1) is 29.3. The number of methoxy groups -OCH3 is 1. The largest absolute Gasteiger partial charge is 0.497 e. The molecule has 0 saturated heterocycles. The Morgan fingerprint density at radius 3 is 2.29 bits per heavy atom. The second-order valence-corrected chi connectivity index (χ2v) is 11.9. The topological polar surface area (TPSA) is 182 Å². The molecule has 0 unspecified atom stereocenters. The van der Waals surface area contributed by atoms with Gasteiger partial charge in [0.15, 0.2) is 0 Å². The number of ether oxygens (including phenoxy) is 1. The van der Waals surface area contributed by atoms with Crippen molar-refractivity contribution in [3.63, 3.8) is 0 Å². The van der Waals surface area contributed by atoms with Crippen molar-refractivity contribution in [3.8, 4) is 5.75 Å². The molecule has 13 nitrogen and oxygen atoms in total. The van der Waals surface area contributed by atoms with Crippen molar-refractivity contribution in [2.45, 2.75) is 23.3 Å². The Labute approximate surface area is 236 Å². The van der Waals surface area contributed by atoms with E-state index in [-0.39, 0.29) is 22.8 Å². The molecule has 0 fully saturated rings. The summed E-state index contributed by atoms with van der Waals surface area (Å²) in [6.45, 7) is 1.62. The van der Waals surface area contributed by atoms with Gasteiger partial charge in [-0.15, -0.1) is 0 Å². The van der Waals surface area contributed by atoms with E-state index in [1.165, 1.54) is 43.7 Å². The normalized spacial score (nSPS) is 12.1. The van der Waals surface area contributed by atoms with Crippen LogP contribution in [-0.2, 0) is 26.6 Å². The molecule has 1 aromatic heterocycles. The van der Waals surface area contributed by atoms with Crippen molar-refractivity contribution in [2.24, 2.45) is 5.10 Å². The van der Waals surface area contributed by atoms with Crippen LogP contribution in [0.3, 0.4) is 0 Å². The molecule has 0 aliphatic carbocycles. The Hall–Kier alpha value is -4.73. The van der Waals surface area contributed by atoms with Crippen molar-refractivity contribution in [2.75, 3.05) is 17.3 Å². The summed E-state index contributed by atoms with van der Waals surface area (Å²) in [6, 6.07) is 18.6. The van der Waals surface area contributed by atoms with Crippen LogP contribution in [0, 0.1) is 10.1 Å². The fraction of sp³-hybridized carbons (Fsp3) is 0.115. The highest BCUT2D eigenvalue weighted by molar-refractivity contribution is 7.93. The number of non-ortho nitro benzene ring substituents is 1. The molecule has 214 valence electrons. The van der Waals surface area contributed by atoms with Crippen LogP contribution in [-0.4, -0.2) is 34.6 Å². The van der Waals surface area contributed by atoms with Crippen molar-refractivity contribution >= 4 is 42.8 Å². The molecule has 41 heavy (non-hydrogen) atoms. The standard InChI is InChI=1S/C26H25N5O8S2/c1-18(19-5-12-24(13-6-19)40(34,35)27-17-23-4-3-15-39-23)28-29-25-14-9-21(31(32)33)16-26(25)41(36,37)30-20-7-10-22(38-2)11-8-20/h3-16,27,29-30H,17H2,1-2H3/b28-18+. The van der Waals surface area contributed by atoms with Crippen LogP contribution in [0.25, 0.3) is 0 Å². The molecular formula is C26H25N5O8S2. The number of nitrogens with one attached hydrogen (secondary N) is 3. The van der Waals surface area contributed by atoms with Crippen LogP contribution >= 0.6 is 0 Å². The summed E-state index contributed by atoms with van der Waals surface area (Å²) in [4.78, 5) is 10.3. The molecule has 15 heteroatoms. The third kappa shape index (κ3) is 7.27. The summed E-state index contributed by atoms with van der Waals surface area (Å²) in [5, 5.41) is 15.6. The van der Waals surface area contributed by atoms with E-state index in [0.717, 1.165) is 12.1 Å². The lowest BCUT2D eigenvalue weighted by molar-refractivity contribution is -0.385. The predicted molar refractivity (Wildman–Crippen MR) is 152 cm³/mol. The fourth-order valence-electron chi connectivity index (χ4n) is 3.56. The second kappa shape index (κ2) is 12.2. The maximum Gasteiger partial charge on any atom is 0.270 e. The maximum absolute atomic E-state index is 13.2. The number of nitro benzene ring substituents is 1. The zero-order valence-electron chi connectivity index (χ0n) is 21.8. The van der Waals surface area contributed by atoms with Crippen LogP contribution in [0.2, 0.25) is 0 Å². The number of hydrogen-bond donors (Lipinski definition) is 3. The predicted octanol–water partition coefficient (Wildman–Crippen LogP) is 4.31. The van der Waals surface area contributed by atoms with E-state index < -0.39 is 35.6 Å². The zero-order chi connectivity index (χ0) is 29.6. The first-order valence-electron chi connectivity index (χ1n) is 11.9. The molecule has 0 radical (unpaired) electrons. The zero-order valence-corrected chi connectivity index (χ0v) is 23.4. The molecule has 4 rings (SSSR count). The van der Waals surface area contributed by atoms with Crippen molar-refractivity contribution in [1.29, 1.82) is 0 Å². The highest BCUT2D eigenvalue weighted by Crippen LogP contribution is 2.29. The Kier molecular flexibility index (Phi) is 8.71. The lowest BCUT2D eigenvalue weighted by atomic mass is 10.1. The minimum atomic E-state index is -4.28. The van der Waals surface area contributed by atoms with Crippen LogP contribution < -0.4 is 19.6 Å². The highest BCUT2D eigenvalue weighted by atomic mass is 32.2. The molecule has 0 atom stereocenters. The van der Waals surface area contributed by atoms with Gasteiger partial charge in [0.25, 0.3) is 15.7 Å². The SMILES string of the molecule is COc1ccc(NS(=O)(=O)c2cc([N+](=O)[O-])ccc2N/N=C(\C)c2ccc(S(=O)(=O)NCc3ccco3)cc2)cc1. The average molecular weight is 600 g/mol. The van der Waals surface area contributed by atoms with Crippen LogP contribution in [0.1, 0.15) is 18.2 Å². The molecule has 1 heterocycles. The molecule has 0 bridgehead atoms. The van der Waals surface area contributed by atoms with E-state index >= 15 is 0 Å². The van der Waals surface area contributed by atoms with E-state index in [0.29, 0.717) is 22.8 Å². The molecule has 0 amide bonds. The Balaban J connectivity index is 1.54. The third-order valence-corrected chi connectivity index (χ3v) is 8.59. The van der Waals surface area contributed by atoms with E-state index in [1.54, 1.807) is 43.3 Å². The van der Waals surface area contributed by atoms with Gasteiger partial charge in [-0.05, 0) is 67.1 Å². The monoisotopic (exact) mass is 599 g/mol. The first-order chi connectivity index (χ1) is 19.5. The molecular weight excluding hydrogens is 574 g/mol. The summed E-state index contributed by atoms with van der Waals surface area (Å²) >= 11 is 0. The Bertz CT molecular complexity index is 1770. The van der Waals surface area contributed by atoms with E-state index in [4.69, 9.17) is 9.15 Å². The summed E-state index contributed by atoms with van der Waals surface area (Å²) in [7, 11) is -6.61. The Morgan fingerprint density at radius 1 is 0.976 bits per heavy atom. The average Bonchev–Trinajstić information content (AvgIpc) is 3.49. The van der Waals surface area contributed by atoms with Gasteiger partial charge in [-0.2, -0.15) is 5.10 Å². The van der Waals surface area contributed by atoms with E-state index in [2.05, 4.69) is 20.0 Å².